The van der Waals surface area contributed by atoms with Crippen LogP contribution in [-0.2, 0) is 4.79 Å². The maximum atomic E-state index is 12.1. The number of rotatable bonds is 2. The Morgan fingerprint density at radius 1 is 1.60 bits per heavy atom. The summed E-state index contributed by atoms with van der Waals surface area (Å²) < 4.78 is 0. The van der Waals surface area contributed by atoms with E-state index >= 15 is 0 Å². The van der Waals surface area contributed by atoms with Crippen molar-refractivity contribution < 1.29 is 9.90 Å². The van der Waals surface area contributed by atoms with Crippen LogP contribution >= 0.6 is 0 Å². The molecule has 1 saturated heterocycles. The highest BCUT2D eigenvalue weighted by molar-refractivity contribution is 5.83. The van der Waals surface area contributed by atoms with Crippen molar-refractivity contribution in [3.63, 3.8) is 0 Å². The van der Waals surface area contributed by atoms with Gasteiger partial charge >= 0.3 is 0 Å². The Bertz CT molecular complexity index is 235. The smallest absolute Gasteiger partial charge is 0.240 e. The molecule has 1 amide bonds. The third kappa shape index (κ3) is 2.69. The average Bonchev–Trinajstić information content (AvgIpc) is 2.61. The van der Waals surface area contributed by atoms with Gasteiger partial charge in [0.1, 0.15) is 0 Å². The van der Waals surface area contributed by atoms with Gasteiger partial charge in [-0.3, -0.25) is 4.79 Å². The highest BCUT2D eigenvalue weighted by Crippen LogP contribution is 2.23. The van der Waals surface area contributed by atoms with Crippen molar-refractivity contribution in [1.29, 1.82) is 0 Å². The summed E-state index contributed by atoms with van der Waals surface area (Å²) in [5.41, 5.74) is 5.70. The third-order valence-electron chi connectivity index (χ3n) is 3.07. The van der Waals surface area contributed by atoms with E-state index in [2.05, 4.69) is 0 Å². The molecule has 1 heterocycles. The third-order valence-corrected chi connectivity index (χ3v) is 3.07. The molecule has 0 aromatic heterocycles. The van der Waals surface area contributed by atoms with Gasteiger partial charge in [-0.2, -0.15) is 0 Å². The molecule has 2 atom stereocenters. The number of hydrogen-bond acceptors (Lipinski definition) is 3. The number of aliphatic hydroxyl groups is 1. The topological polar surface area (TPSA) is 66.6 Å². The number of aliphatic hydroxyl groups excluding tert-OH is 1. The van der Waals surface area contributed by atoms with Crippen LogP contribution in [0.2, 0.25) is 0 Å². The molecule has 0 aromatic rings. The monoisotopic (exact) mass is 214 g/mol. The van der Waals surface area contributed by atoms with Gasteiger partial charge in [-0.15, -0.1) is 0 Å². The highest BCUT2D eigenvalue weighted by Gasteiger charge is 2.35. The second-order valence-corrected chi connectivity index (χ2v) is 5.35. The summed E-state index contributed by atoms with van der Waals surface area (Å²) in [5, 5.41) is 9.14. The fourth-order valence-corrected chi connectivity index (χ4v) is 1.86. The SMILES string of the molecule is CC(C)(C)[C@@H](N)C(=O)N1CCC[C@H]1CO. The molecule has 1 aliphatic rings. The normalized spacial score (nSPS) is 24.3. The molecule has 0 spiro atoms. The molecule has 4 heteroatoms. The fourth-order valence-electron chi connectivity index (χ4n) is 1.86. The van der Waals surface area contributed by atoms with Crippen molar-refractivity contribution in [1.82, 2.24) is 4.90 Å². The zero-order valence-corrected chi connectivity index (χ0v) is 9.86. The van der Waals surface area contributed by atoms with Gasteiger partial charge in [0.25, 0.3) is 0 Å². The first-order valence-electron chi connectivity index (χ1n) is 5.55. The predicted molar refractivity (Wildman–Crippen MR) is 59.3 cm³/mol. The van der Waals surface area contributed by atoms with Crippen molar-refractivity contribution in [2.45, 2.75) is 45.7 Å². The van der Waals surface area contributed by atoms with Crippen molar-refractivity contribution in [3.05, 3.63) is 0 Å². The first-order valence-corrected chi connectivity index (χ1v) is 5.55. The maximum absolute atomic E-state index is 12.1. The molecule has 1 fully saturated rings. The maximum Gasteiger partial charge on any atom is 0.240 e. The van der Waals surface area contributed by atoms with Crippen molar-refractivity contribution >= 4 is 5.91 Å². The van der Waals surface area contributed by atoms with Crippen molar-refractivity contribution in [3.8, 4) is 0 Å². The van der Waals surface area contributed by atoms with E-state index < -0.39 is 6.04 Å². The fraction of sp³-hybridized carbons (Fsp3) is 0.909. The molecule has 0 aromatic carbocycles. The van der Waals surface area contributed by atoms with Gasteiger partial charge in [0.05, 0.1) is 18.7 Å². The number of likely N-dealkylation sites (tertiary alicyclic amines) is 1. The second-order valence-electron chi connectivity index (χ2n) is 5.35. The van der Waals surface area contributed by atoms with E-state index in [0.29, 0.717) is 0 Å². The molecular weight excluding hydrogens is 192 g/mol. The minimum atomic E-state index is -0.482. The van der Waals surface area contributed by atoms with Gasteiger partial charge in [-0.25, -0.2) is 0 Å². The molecule has 0 bridgehead atoms. The number of hydrogen-bond donors (Lipinski definition) is 2. The largest absolute Gasteiger partial charge is 0.394 e. The van der Waals surface area contributed by atoms with Gasteiger partial charge in [0, 0.05) is 6.54 Å². The standard InChI is InChI=1S/C11H22N2O2/c1-11(2,3)9(12)10(15)13-6-4-5-8(13)7-14/h8-9,14H,4-7,12H2,1-3H3/t8-,9-/m0/s1. The lowest BCUT2D eigenvalue weighted by Crippen LogP contribution is -2.52. The molecule has 4 nitrogen and oxygen atoms in total. The Morgan fingerprint density at radius 3 is 2.67 bits per heavy atom. The van der Waals surface area contributed by atoms with Crippen LogP contribution in [0.1, 0.15) is 33.6 Å². The van der Waals surface area contributed by atoms with Crippen LogP contribution in [-0.4, -0.2) is 41.1 Å². The van der Waals surface area contributed by atoms with Gasteiger partial charge in [0.2, 0.25) is 5.91 Å². The molecule has 0 saturated carbocycles. The van der Waals surface area contributed by atoms with Crippen LogP contribution in [0.4, 0.5) is 0 Å². The van der Waals surface area contributed by atoms with Crippen LogP contribution in [0.5, 0.6) is 0 Å². The Morgan fingerprint density at radius 2 is 2.20 bits per heavy atom. The zero-order chi connectivity index (χ0) is 11.6. The summed E-state index contributed by atoms with van der Waals surface area (Å²) in [6, 6.07) is -0.504. The summed E-state index contributed by atoms with van der Waals surface area (Å²) >= 11 is 0. The minimum absolute atomic E-state index is 0.0223. The van der Waals surface area contributed by atoms with Crippen LogP contribution in [0.25, 0.3) is 0 Å². The number of amides is 1. The van der Waals surface area contributed by atoms with Crippen molar-refractivity contribution in [2.75, 3.05) is 13.2 Å². The lowest BCUT2D eigenvalue weighted by atomic mass is 9.86. The lowest BCUT2D eigenvalue weighted by molar-refractivity contribution is -0.136. The van der Waals surface area contributed by atoms with Crippen LogP contribution in [0, 0.1) is 5.41 Å². The van der Waals surface area contributed by atoms with E-state index in [9.17, 15) is 4.79 Å². The van der Waals surface area contributed by atoms with E-state index in [1.165, 1.54) is 0 Å². The van der Waals surface area contributed by atoms with Crippen LogP contribution < -0.4 is 5.73 Å². The molecule has 88 valence electrons. The lowest BCUT2D eigenvalue weighted by Gasteiger charge is -2.32. The molecule has 15 heavy (non-hydrogen) atoms. The van der Waals surface area contributed by atoms with Gasteiger partial charge in [-0.05, 0) is 18.3 Å². The van der Waals surface area contributed by atoms with E-state index in [0.717, 1.165) is 19.4 Å². The Hall–Kier alpha value is -0.610. The molecule has 1 rings (SSSR count). The summed E-state index contributed by atoms with van der Waals surface area (Å²) in [6.45, 7) is 6.65. The molecular formula is C11H22N2O2. The average molecular weight is 214 g/mol. The van der Waals surface area contributed by atoms with Gasteiger partial charge < -0.3 is 15.7 Å². The van der Waals surface area contributed by atoms with Crippen LogP contribution in [0.3, 0.4) is 0 Å². The highest BCUT2D eigenvalue weighted by atomic mass is 16.3. The number of carbonyl (C=O) groups excluding carboxylic acids is 1. The minimum Gasteiger partial charge on any atom is -0.394 e. The quantitative estimate of drug-likeness (QED) is 0.696. The first kappa shape index (κ1) is 12.5. The van der Waals surface area contributed by atoms with E-state index in [1.807, 2.05) is 20.8 Å². The summed E-state index contributed by atoms with van der Waals surface area (Å²) in [6.07, 6.45) is 1.85. The van der Waals surface area contributed by atoms with E-state index in [4.69, 9.17) is 10.8 Å². The number of nitrogens with zero attached hydrogens (tertiary/aromatic N) is 1. The predicted octanol–water partition coefficient (Wildman–Crippen LogP) is 0.343. The first-order chi connectivity index (χ1) is 6.88. The second kappa shape index (κ2) is 4.49. The molecule has 1 aliphatic heterocycles. The Balaban J connectivity index is 2.68. The molecule has 0 aliphatic carbocycles. The Kier molecular flexibility index (Phi) is 3.73. The van der Waals surface area contributed by atoms with E-state index in [-0.39, 0.29) is 24.0 Å². The number of carbonyl (C=O) groups is 1. The summed E-state index contributed by atoms with van der Waals surface area (Å²) in [5.74, 6) is -0.0287. The zero-order valence-electron chi connectivity index (χ0n) is 9.86. The summed E-state index contributed by atoms with van der Waals surface area (Å²) in [7, 11) is 0. The Labute approximate surface area is 91.4 Å². The molecule has 0 radical (unpaired) electrons. The van der Waals surface area contributed by atoms with Crippen LogP contribution in [0.15, 0.2) is 0 Å². The summed E-state index contributed by atoms with van der Waals surface area (Å²) in [4.78, 5) is 13.8. The molecule has 0 unspecified atom stereocenters. The number of nitrogens with two attached hydrogens (primary N) is 1. The van der Waals surface area contributed by atoms with Gasteiger partial charge in [-0.1, -0.05) is 20.8 Å². The molecule has 3 N–H and O–H groups in total. The van der Waals surface area contributed by atoms with Gasteiger partial charge in [0.15, 0.2) is 0 Å². The van der Waals surface area contributed by atoms with E-state index in [1.54, 1.807) is 4.90 Å². The van der Waals surface area contributed by atoms with Crippen molar-refractivity contribution in [2.24, 2.45) is 11.1 Å².